The van der Waals surface area contributed by atoms with Gasteiger partial charge in [0, 0.05) is 31.7 Å². The lowest BCUT2D eigenvalue weighted by Crippen LogP contribution is -2.47. The summed E-state index contributed by atoms with van der Waals surface area (Å²) >= 11 is 0. The van der Waals surface area contributed by atoms with Crippen molar-refractivity contribution in [3.05, 3.63) is 53.4 Å². The lowest BCUT2D eigenvalue weighted by molar-refractivity contribution is 0.0543. The summed E-state index contributed by atoms with van der Waals surface area (Å²) in [7, 11) is 0. The van der Waals surface area contributed by atoms with Gasteiger partial charge in [0.1, 0.15) is 0 Å². The van der Waals surface area contributed by atoms with Gasteiger partial charge in [-0.1, -0.05) is 42.4 Å². The van der Waals surface area contributed by atoms with Crippen molar-refractivity contribution in [1.29, 1.82) is 0 Å². The number of piperidine rings is 1. The van der Waals surface area contributed by atoms with E-state index in [1.807, 2.05) is 11.8 Å². The Morgan fingerprint density at radius 3 is 2.81 bits per heavy atom. The molecule has 3 saturated heterocycles. The highest BCUT2D eigenvalue weighted by molar-refractivity contribution is 5.91. The molecule has 1 aromatic heterocycles. The Balaban J connectivity index is 1.36. The molecule has 5 heteroatoms. The van der Waals surface area contributed by atoms with E-state index in [1.54, 1.807) is 6.07 Å². The van der Waals surface area contributed by atoms with Gasteiger partial charge in [0.15, 0.2) is 0 Å². The number of hydrogen-bond acceptors (Lipinski definition) is 4. The molecule has 0 radical (unpaired) electrons. The third-order valence-corrected chi connectivity index (χ3v) is 5.96. The molecule has 3 fully saturated rings. The zero-order chi connectivity index (χ0) is 18.6. The zero-order valence-electron chi connectivity index (χ0n) is 16.1. The number of carbonyl (C=O) groups excluding carboxylic acids is 1. The Kier molecular flexibility index (Phi) is 5.58. The van der Waals surface area contributed by atoms with Crippen LogP contribution in [0.2, 0.25) is 0 Å². The number of nitrogens with zero attached hydrogens (tertiary/aromatic N) is 3. The summed E-state index contributed by atoms with van der Waals surface area (Å²) in [4.78, 5) is 17.6. The second-order valence-corrected chi connectivity index (χ2v) is 7.94. The van der Waals surface area contributed by atoms with E-state index in [-0.39, 0.29) is 5.91 Å². The number of aromatic nitrogens is 1. The Hall–Kier alpha value is -2.14. The van der Waals surface area contributed by atoms with Gasteiger partial charge in [-0.15, -0.1) is 0 Å². The highest BCUT2D eigenvalue weighted by atomic mass is 16.5. The maximum atomic E-state index is 13.0. The van der Waals surface area contributed by atoms with E-state index in [4.69, 9.17) is 4.52 Å². The minimum atomic E-state index is 0.0167. The van der Waals surface area contributed by atoms with Crippen molar-refractivity contribution in [3.8, 4) is 0 Å². The summed E-state index contributed by atoms with van der Waals surface area (Å²) < 4.78 is 5.30. The zero-order valence-corrected chi connectivity index (χ0v) is 16.1. The van der Waals surface area contributed by atoms with Crippen molar-refractivity contribution in [1.82, 2.24) is 15.0 Å². The number of amides is 1. The normalized spacial score (nSPS) is 22.8. The average Bonchev–Trinajstić information content (AvgIpc) is 3.02. The van der Waals surface area contributed by atoms with Crippen LogP contribution in [0.15, 0.2) is 40.9 Å². The highest BCUT2D eigenvalue weighted by Gasteiger charge is 2.38. The number of hydrogen-bond donors (Lipinski definition) is 0. The van der Waals surface area contributed by atoms with Crippen LogP contribution in [0.3, 0.4) is 0 Å². The van der Waals surface area contributed by atoms with Crippen LogP contribution in [0, 0.1) is 5.92 Å². The molecule has 2 atom stereocenters. The highest BCUT2D eigenvalue weighted by Crippen LogP contribution is 2.29. The summed E-state index contributed by atoms with van der Waals surface area (Å²) in [5.41, 5.74) is 2.25. The van der Waals surface area contributed by atoms with Crippen LogP contribution in [0.1, 0.15) is 48.0 Å². The molecule has 0 N–H and O–H groups in total. The molecule has 1 aromatic carbocycles. The molecular weight excluding hydrogens is 338 g/mol. The van der Waals surface area contributed by atoms with E-state index in [0.29, 0.717) is 17.7 Å². The Labute approximate surface area is 161 Å². The number of aryl methyl sites for hydroxylation is 2. The quantitative estimate of drug-likeness (QED) is 0.785. The first-order valence-corrected chi connectivity index (χ1v) is 10.3. The lowest BCUT2D eigenvalue weighted by Gasteiger charge is -2.35. The van der Waals surface area contributed by atoms with Gasteiger partial charge in [0.05, 0.1) is 5.69 Å². The summed E-state index contributed by atoms with van der Waals surface area (Å²) in [6.45, 7) is 6.05. The predicted octanol–water partition coefficient (Wildman–Crippen LogP) is 3.41. The summed E-state index contributed by atoms with van der Waals surface area (Å²) in [5.74, 6) is 0.982. The fourth-order valence-electron chi connectivity index (χ4n) is 4.48. The van der Waals surface area contributed by atoms with E-state index < -0.39 is 0 Å². The molecule has 2 bridgehead atoms. The van der Waals surface area contributed by atoms with Gasteiger partial charge in [-0.25, -0.2) is 0 Å². The molecule has 0 spiro atoms. The number of benzene rings is 1. The molecule has 5 nitrogen and oxygen atoms in total. The number of fused-ring (bicyclic) bond motifs is 4. The van der Waals surface area contributed by atoms with E-state index in [2.05, 4.69) is 40.4 Å². The fraction of sp³-hybridized carbons (Fsp3) is 0.545. The minimum Gasteiger partial charge on any atom is -0.351 e. The largest absolute Gasteiger partial charge is 0.351 e. The number of rotatable bonds is 6. The summed E-state index contributed by atoms with van der Waals surface area (Å²) in [6, 6.07) is 12.8. The molecule has 2 aromatic rings. The second kappa shape index (κ2) is 8.26. The van der Waals surface area contributed by atoms with E-state index in [1.165, 1.54) is 18.4 Å². The topological polar surface area (TPSA) is 49.6 Å². The molecule has 3 aliphatic heterocycles. The molecule has 1 amide bonds. The van der Waals surface area contributed by atoms with Crippen molar-refractivity contribution in [2.75, 3.05) is 26.2 Å². The Morgan fingerprint density at radius 1 is 1.19 bits per heavy atom. The van der Waals surface area contributed by atoms with E-state index >= 15 is 0 Å². The predicted molar refractivity (Wildman–Crippen MR) is 105 cm³/mol. The molecule has 0 aliphatic carbocycles. The third-order valence-electron chi connectivity index (χ3n) is 5.96. The fourth-order valence-corrected chi connectivity index (χ4v) is 4.48. The molecule has 0 saturated carbocycles. The van der Waals surface area contributed by atoms with Gasteiger partial charge in [0.25, 0.3) is 5.91 Å². The van der Waals surface area contributed by atoms with Gasteiger partial charge < -0.3 is 14.3 Å². The van der Waals surface area contributed by atoms with Crippen LogP contribution in [0.4, 0.5) is 0 Å². The Morgan fingerprint density at radius 2 is 2.04 bits per heavy atom. The first-order chi connectivity index (χ1) is 13.2. The minimum absolute atomic E-state index is 0.0167. The van der Waals surface area contributed by atoms with Crippen molar-refractivity contribution < 1.29 is 9.32 Å². The van der Waals surface area contributed by atoms with Gasteiger partial charge in [0.2, 0.25) is 5.76 Å². The maximum absolute atomic E-state index is 13.0. The van der Waals surface area contributed by atoms with Crippen LogP contribution in [-0.2, 0) is 12.8 Å². The smallest absolute Gasteiger partial charge is 0.292 e. The summed E-state index contributed by atoms with van der Waals surface area (Å²) in [5, 5.41) is 3.99. The molecular formula is C22H29N3O2. The van der Waals surface area contributed by atoms with Crippen LogP contribution < -0.4 is 0 Å². The monoisotopic (exact) mass is 367 g/mol. The Bertz CT molecular complexity index is 758. The summed E-state index contributed by atoms with van der Waals surface area (Å²) in [6.07, 6.45) is 5.39. The average molecular weight is 367 g/mol. The molecule has 5 rings (SSSR count). The van der Waals surface area contributed by atoms with Crippen molar-refractivity contribution >= 4 is 5.91 Å². The van der Waals surface area contributed by atoms with Crippen molar-refractivity contribution in [3.63, 3.8) is 0 Å². The van der Waals surface area contributed by atoms with Crippen LogP contribution in [0.25, 0.3) is 0 Å². The van der Waals surface area contributed by atoms with Gasteiger partial charge in [-0.05, 0) is 50.1 Å². The molecule has 4 heterocycles. The SMILES string of the molecule is CCc1cc(C(=O)N2C[C@H]3CC[C@@H]2CN(CCCc2ccccc2)C3)on1. The van der Waals surface area contributed by atoms with Crippen molar-refractivity contribution in [2.45, 2.75) is 45.1 Å². The van der Waals surface area contributed by atoms with Crippen LogP contribution >= 0.6 is 0 Å². The van der Waals surface area contributed by atoms with Crippen LogP contribution in [-0.4, -0.2) is 53.1 Å². The van der Waals surface area contributed by atoms with Gasteiger partial charge in [-0.3, -0.25) is 4.79 Å². The van der Waals surface area contributed by atoms with E-state index in [0.717, 1.165) is 51.1 Å². The molecule has 27 heavy (non-hydrogen) atoms. The second-order valence-electron chi connectivity index (χ2n) is 7.94. The lowest BCUT2D eigenvalue weighted by atomic mass is 9.95. The van der Waals surface area contributed by atoms with Crippen molar-refractivity contribution in [2.24, 2.45) is 5.92 Å². The van der Waals surface area contributed by atoms with Gasteiger partial charge >= 0.3 is 0 Å². The molecule has 0 unspecified atom stereocenters. The molecule has 3 aliphatic rings. The first kappa shape index (κ1) is 18.2. The number of carbonyl (C=O) groups is 1. The first-order valence-electron chi connectivity index (χ1n) is 10.3. The maximum Gasteiger partial charge on any atom is 0.292 e. The molecule has 144 valence electrons. The third kappa shape index (κ3) is 4.24. The standard InChI is InChI=1S/C22H29N3O2/c1-2-19-13-21(27-23-19)22(26)25-15-18-10-11-20(25)16-24(14-18)12-6-9-17-7-4-3-5-8-17/h3-5,7-8,13,18,20H,2,6,9-12,14-16H2,1H3/t18-,20+/m0/s1. The van der Waals surface area contributed by atoms with E-state index in [9.17, 15) is 4.79 Å². The van der Waals surface area contributed by atoms with Gasteiger partial charge in [-0.2, -0.15) is 0 Å². The van der Waals surface area contributed by atoms with Crippen LogP contribution in [0.5, 0.6) is 0 Å².